The van der Waals surface area contributed by atoms with Gasteiger partial charge in [0.05, 0.1) is 12.3 Å². The summed E-state index contributed by atoms with van der Waals surface area (Å²) < 4.78 is 0.722. The Kier molecular flexibility index (Phi) is 7.44. The molecular formula is C12H21N5O2S2. The second-order valence-electron chi connectivity index (χ2n) is 4.96. The van der Waals surface area contributed by atoms with Crippen LogP contribution in [-0.4, -0.2) is 46.4 Å². The van der Waals surface area contributed by atoms with Gasteiger partial charge in [0.2, 0.25) is 16.9 Å². The Morgan fingerprint density at radius 3 is 2.48 bits per heavy atom. The summed E-state index contributed by atoms with van der Waals surface area (Å²) in [7, 11) is 0. The average molecular weight is 331 g/mol. The summed E-state index contributed by atoms with van der Waals surface area (Å²) in [6, 6.07) is 0.357. The zero-order valence-corrected chi connectivity index (χ0v) is 14.2. The van der Waals surface area contributed by atoms with Crippen LogP contribution in [0.3, 0.4) is 0 Å². The van der Waals surface area contributed by atoms with Crippen LogP contribution in [0.4, 0.5) is 5.13 Å². The van der Waals surface area contributed by atoms with E-state index in [1.54, 1.807) is 0 Å². The molecule has 2 amide bonds. The molecule has 0 spiro atoms. The molecule has 0 aliphatic heterocycles. The highest BCUT2D eigenvalue weighted by Crippen LogP contribution is 2.25. The highest BCUT2D eigenvalue weighted by Gasteiger charge is 2.10. The molecule has 0 atom stereocenters. The zero-order valence-electron chi connectivity index (χ0n) is 12.6. The van der Waals surface area contributed by atoms with Crippen molar-refractivity contribution in [3.8, 4) is 0 Å². The Hall–Kier alpha value is -1.35. The van der Waals surface area contributed by atoms with Crippen molar-refractivity contribution in [2.24, 2.45) is 0 Å². The summed E-state index contributed by atoms with van der Waals surface area (Å²) >= 11 is 2.71. The van der Waals surface area contributed by atoms with E-state index in [0.717, 1.165) is 9.47 Å². The molecule has 3 N–H and O–H groups in total. The number of nitrogens with one attached hydrogen (secondary N) is 3. The standard InChI is InChI=1S/C12H21N5O2S2/c1-7(2)14-9(18)5-13-10(19)6-20-12-17-16-11(21-12)15-8(3)4/h7-8H,5-6H2,1-4H3,(H,13,19)(H,14,18)(H,15,16). The molecule has 0 aliphatic carbocycles. The van der Waals surface area contributed by atoms with Gasteiger partial charge in [0.15, 0.2) is 4.34 Å². The van der Waals surface area contributed by atoms with E-state index in [1.807, 2.05) is 27.7 Å². The molecule has 0 bridgehead atoms. The van der Waals surface area contributed by atoms with E-state index in [-0.39, 0.29) is 30.2 Å². The first-order valence-electron chi connectivity index (χ1n) is 6.65. The first kappa shape index (κ1) is 17.7. The maximum atomic E-state index is 11.6. The van der Waals surface area contributed by atoms with Gasteiger partial charge in [0.25, 0.3) is 0 Å². The van der Waals surface area contributed by atoms with Gasteiger partial charge in [-0.15, -0.1) is 10.2 Å². The molecule has 1 aromatic rings. The molecule has 118 valence electrons. The van der Waals surface area contributed by atoms with E-state index >= 15 is 0 Å². The molecule has 1 rings (SSSR count). The van der Waals surface area contributed by atoms with Crippen LogP contribution < -0.4 is 16.0 Å². The summed E-state index contributed by atoms with van der Waals surface area (Å²) in [4.78, 5) is 23.0. The van der Waals surface area contributed by atoms with Crippen LogP contribution in [0.5, 0.6) is 0 Å². The van der Waals surface area contributed by atoms with Crippen LogP contribution in [0.1, 0.15) is 27.7 Å². The highest BCUT2D eigenvalue weighted by atomic mass is 32.2. The van der Waals surface area contributed by atoms with Gasteiger partial charge in [-0.2, -0.15) is 0 Å². The summed E-state index contributed by atoms with van der Waals surface area (Å²) in [6.45, 7) is 7.77. The second-order valence-corrected chi connectivity index (χ2v) is 7.16. The number of hydrogen-bond acceptors (Lipinski definition) is 7. The monoisotopic (exact) mass is 331 g/mol. The van der Waals surface area contributed by atoms with Crippen molar-refractivity contribution < 1.29 is 9.59 Å². The van der Waals surface area contributed by atoms with Gasteiger partial charge >= 0.3 is 0 Å². The molecule has 9 heteroatoms. The summed E-state index contributed by atoms with van der Waals surface area (Å²) in [5.41, 5.74) is 0. The second kappa shape index (κ2) is 8.83. The summed E-state index contributed by atoms with van der Waals surface area (Å²) in [6.07, 6.45) is 0. The lowest BCUT2D eigenvalue weighted by atomic mass is 10.4. The average Bonchev–Trinajstić information content (AvgIpc) is 2.79. The van der Waals surface area contributed by atoms with Crippen LogP contribution in [-0.2, 0) is 9.59 Å². The Labute approximate surface area is 132 Å². The first-order chi connectivity index (χ1) is 9.86. The molecule has 0 aromatic carbocycles. The number of hydrogen-bond donors (Lipinski definition) is 3. The van der Waals surface area contributed by atoms with Crippen molar-refractivity contribution in [3.05, 3.63) is 0 Å². The fraction of sp³-hybridized carbons (Fsp3) is 0.667. The van der Waals surface area contributed by atoms with Gasteiger partial charge < -0.3 is 16.0 Å². The molecule has 21 heavy (non-hydrogen) atoms. The quantitative estimate of drug-likeness (QED) is 0.617. The van der Waals surface area contributed by atoms with Crippen molar-refractivity contribution in [1.82, 2.24) is 20.8 Å². The Morgan fingerprint density at radius 2 is 1.86 bits per heavy atom. The van der Waals surface area contributed by atoms with Crippen LogP contribution in [0, 0.1) is 0 Å². The van der Waals surface area contributed by atoms with Crippen LogP contribution in [0.25, 0.3) is 0 Å². The smallest absolute Gasteiger partial charge is 0.239 e. The van der Waals surface area contributed by atoms with Crippen LogP contribution in [0.15, 0.2) is 4.34 Å². The van der Waals surface area contributed by atoms with Gasteiger partial charge in [0.1, 0.15) is 0 Å². The van der Waals surface area contributed by atoms with Crippen molar-refractivity contribution >= 4 is 40.0 Å². The number of rotatable bonds is 8. The van der Waals surface area contributed by atoms with E-state index in [2.05, 4.69) is 26.1 Å². The number of anilines is 1. The molecule has 0 aliphatic rings. The Morgan fingerprint density at radius 1 is 1.14 bits per heavy atom. The van der Waals surface area contributed by atoms with Gasteiger partial charge in [-0.1, -0.05) is 23.1 Å². The van der Waals surface area contributed by atoms with Crippen LogP contribution in [0.2, 0.25) is 0 Å². The number of amides is 2. The van der Waals surface area contributed by atoms with E-state index in [9.17, 15) is 9.59 Å². The Bertz CT molecular complexity index is 476. The number of nitrogens with zero attached hydrogens (tertiary/aromatic N) is 2. The topological polar surface area (TPSA) is 96.0 Å². The number of thioether (sulfide) groups is 1. The zero-order chi connectivity index (χ0) is 15.8. The maximum absolute atomic E-state index is 11.6. The SMILES string of the molecule is CC(C)NC(=O)CNC(=O)CSc1nnc(NC(C)C)s1. The molecule has 0 fully saturated rings. The lowest BCUT2D eigenvalue weighted by molar-refractivity contribution is -0.125. The molecule has 0 radical (unpaired) electrons. The van der Waals surface area contributed by atoms with E-state index in [4.69, 9.17) is 0 Å². The van der Waals surface area contributed by atoms with Crippen molar-refractivity contribution in [2.75, 3.05) is 17.6 Å². The first-order valence-corrected chi connectivity index (χ1v) is 8.46. The fourth-order valence-corrected chi connectivity index (χ4v) is 3.03. The lowest BCUT2D eigenvalue weighted by Crippen LogP contribution is -2.40. The van der Waals surface area contributed by atoms with E-state index in [1.165, 1.54) is 23.1 Å². The largest absolute Gasteiger partial charge is 0.358 e. The lowest BCUT2D eigenvalue weighted by Gasteiger charge is -2.08. The summed E-state index contributed by atoms with van der Waals surface area (Å²) in [5.74, 6) is -0.180. The summed E-state index contributed by atoms with van der Waals surface area (Å²) in [5, 5.41) is 17.1. The molecule has 0 saturated heterocycles. The Balaban J connectivity index is 2.26. The van der Waals surface area contributed by atoms with Gasteiger partial charge in [-0.05, 0) is 27.7 Å². The molecule has 1 heterocycles. The minimum atomic E-state index is -0.201. The van der Waals surface area contributed by atoms with Crippen molar-refractivity contribution in [2.45, 2.75) is 44.1 Å². The van der Waals surface area contributed by atoms with Crippen LogP contribution >= 0.6 is 23.1 Å². The fourth-order valence-electron chi connectivity index (χ4n) is 1.30. The van der Waals surface area contributed by atoms with Crippen molar-refractivity contribution in [1.29, 1.82) is 0 Å². The molecule has 0 unspecified atom stereocenters. The van der Waals surface area contributed by atoms with Crippen molar-refractivity contribution in [3.63, 3.8) is 0 Å². The predicted molar refractivity (Wildman–Crippen MR) is 85.7 cm³/mol. The predicted octanol–water partition coefficient (Wildman–Crippen LogP) is 1.09. The van der Waals surface area contributed by atoms with Gasteiger partial charge in [0, 0.05) is 12.1 Å². The van der Waals surface area contributed by atoms with E-state index < -0.39 is 0 Å². The maximum Gasteiger partial charge on any atom is 0.239 e. The highest BCUT2D eigenvalue weighted by molar-refractivity contribution is 8.01. The third kappa shape index (κ3) is 7.86. The number of aromatic nitrogens is 2. The third-order valence-electron chi connectivity index (χ3n) is 2.04. The minimum Gasteiger partial charge on any atom is -0.358 e. The molecule has 0 saturated carbocycles. The molecule has 1 aromatic heterocycles. The van der Waals surface area contributed by atoms with Gasteiger partial charge in [-0.25, -0.2) is 0 Å². The molecular weight excluding hydrogens is 310 g/mol. The minimum absolute atomic E-state index is 0.00610. The normalized spacial score (nSPS) is 10.8. The van der Waals surface area contributed by atoms with E-state index in [0.29, 0.717) is 6.04 Å². The van der Waals surface area contributed by atoms with Gasteiger partial charge in [-0.3, -0.25) is 9.59 Å². The number of carbonyl (C=O) groups excluding carboxylic acids is 2. The third-order valence-corrected chi connectivity index (χ3v) is 4.03. The molecule has 7 nitrogen and oxygen atoms in total. The number of carbonyl (C=O) groups is 2.